The second-order valence-electron chi connectivity index (χ2n) is 4.27. The van der Waals surface area contributed by atoms with Gasteiger partial charge in [0, 0.05) is 6.54 Å². The third kappa shape index (κ3) is 2.50. The van der Waals surface area contributed by atoms with Crippen LogP contribution in [0.3, 0.4) is 0 Å². The van der Waals surface area contributed by atoms with E-state index in [0.29, 0.717) is 13.0 Å². The van der Waals surface area contributed by atoms with Crippen molar-refractivity contribution in [1.82, 2.24) is 5.32 Å². The first-order chi connectivity index (χ1) is 6.60. The van der Waals surface area contributed by atoms with E-state index in [1.165, 1.54) is 0 Å². The zero-order valence-corrected chi connectivity index (χ0v) is 9.96. The van der Waals surface area contributed by atoms with Gasteiger partial charge in [0.25, 0.3) is 0 Å². The minimum Gasteiger partial charge on any atom is -0.313 e. The van der Waals surface area contributed by atoms with Gasteiger partial charge in [-0.15, -0.1) is 12.4 Å². The van der Waals surface area contributed by atoms with Crippen LogP contribution in [0, 0.1) is 13.8 Å². The van der Waals surface area contributed by atoms with E-state index in [1.54, 1.807) is 0 Å². The number of nitrogens with one attached hydrogen (secondary N) is 1. The summed E-state index contributed by atoms with van der Waals surface area (Å²) in [6.45, 7) is 5.27. The molecule has 0 aliphatic carbocycles. The van der Waals surface area contributed by atoms with Gasteiger partial charge in [0.2, 0.25) is 0 Å². The van der Waals surface area contributed by atoms with Gasteiger partial charge in [-0.2, -0.15) is 0 Å². The predicted molar refractivity (Wildman–Crippen MR) is 63.4 cm³/mol. The van der Waals surface area contributed by atoms with E-state index >= 15 is 0 Å². The van der Waals surface area contributed by atoms with Crippen LogP contribution in [-0.2, 0) is 5.67 Å². The van der Waals surface area contributed by atoms with E-state index in [9.17, 15) is 4.39 Å². The van der Waals surface area contributed by atoms with E-state index < -0.39 is 5.67 Å². The molecule has 84 valence electrons. The van der Waals surface area contributed by atoms with Gasteiger partial charge in [0.15, 0.2) is 0 Å². The molecule has 2 rings (SSSR count). The molecule has 1 saturated heterocycles. The zero-order chi connectivity index (χ0) is 10.2. The van der Waals surface area contributed by atoms with Crippen LogP contribution in [0.2, 0.25) is 0 Å². The van der Waals surface area contributed by atoms with Crippen molar-refractivity contribution in [3.05, 3.63) is 34.9 Å². The van der Waals surface area contributed by atoms with Gasteiger partial charge in [0.05, 0.1) is 0 Å². The molecule has 15 heavy (non-hydrogen) atoms. The van der Waals surface area contributed by atoms with Crippen molar-refractivity contribution >= 4 is 12.4 Å². The van der Waals surface area contributed by atoms with E-state index in [0.717, 1.165) is 23.2 Å². The minimum atomic E-state index is -1.14. The lowest BCUT2D eigenvalue weighted by Crippen LogP contribution is -2.23. The van der Waals surface area contributed by atoms with Crippen molar-refractivity contribution < 1.29 is 4.39 Å². The van der Waals surface area contributed by atoms with Crippen molar-refractivity contribution in [2.75, 3.05) is 13.1 Å². The van der Waals surface area contributed by atoms with Gasteiger partial charge >= 0.3 is 0 Å². The van der Waals surface area contributed by atoms with Crippen LogP contribution in [0.25, 0.3) is 0 Å². The lowest BCUT2D eigenvalue weighted by atomic mass is 9.92. The monoisotopic (exact) mass is 229 g/mol. The molecule has 0 amide bonds. The summed E-state index contributed by atoms with van der Waals surface area (Å²) in [5.41, 5.74) is 1.98. The number of alkyl halides is 1. The molecule has 1 fully saturated rings. The highest BCUT2D eigenvalue weighted by molar-refractivity contribution is 5.85. The average molecular weight is 230 g/mol. The summed E-state index contributed by atoms with van der Waals surface area (Å²) in [7, 11) is 0. The average Bonchev–Trinajstić information content (AvgIpc) is 2.52. The van der Waals surface area contributed by atoms with Gasteiger partial charge in [-0.1, -0.05) is 29.3 Å². The molecule has 1 heterocycles. The zero-order valence-electron chi connectivity index (χ0n) is 9.14. The van der Waals surface area contributed by atoms with Crippen LogP contribution in [0.4, 0.5) is 4.39 Å². The highest BCUT2D eigenvalue weighted by Crippen LogP contribution is 2.33. The number of benzene rings is 1. The standard InChI is InChI=1S/C12H16FN.ClH/c1-9-5-10(2)7-11(6-9)12(13)3-4-14-8-12;/h5-7,14H,3-4,8H2,1-2H3;1H. The fourth-order valence-electron chi connectivity index (χ4n) is 2.14. The number of aryl methyl sites for hydroxylation is 2. The van der Waals surface area contributed by atoms with Gasteiger partial charge in [-0.3, -0.25) is 0 Å². The van der Waals surface area contributed by atoms with Gasteiger partial charge in [0.1, 0.15) is 5.67 Å². The summed E-state index contributed by atoms with van der Waals surface area (Å²) >= 11 is 0. The molecule has 1 aromatic rings. The Kier molecular flexibility index (Phi) is 3.74. The molecule has 1 aromatic carbocycles. The van der Waals surface area contributed by atoms with Gasteiger partial charge in [-0.25, -0.2) is 4.39 Å². The Morgan fingerprint density at radius 3 is 2.27 bits per heavy atom. The summed E-state index contributed by atoms with van der Waals surface area (Å²) in [4.78, 5) is 0. The molecule has 0 spiro atoms. The molecule has 3 heteroatoms. The third-order valence-corrected chi connectivity index (χ3v) is 2.84. The Labute approximate surface area is 96.5 Å². The maximum Gasteiger partial charge on any atom is 0.149 e. The first-order valence-corrected chi connectivity index (χ1v) is 5.09. The second kappa shape index (κ2) is 4.50. The largest absolute Gasteiger partial charge is 0.313 e. The Morgan fingerprint density at radius 1 is 1.20 bits per heavy atom. The highest BCUT2D eigenvalue weighted by atomic mass is 35.5. The van der Waals surface area contributed by atoms with Crippen molar-refractivity contribution in [1.29, 1.82) is 0 Å². The van der Waals surface area contributed by atoms with Crippen molar-refractivity contribution in [3.8, 4) is 0 Å². The highest BCUT2D eigenvalue weighted by Gasteiger charge is 2.35. The fraction of sp³-hybridized carbons (Fsp3) is 0.500. The normalized spacial score (nSPS) is 25.0. The number of hydrogen-bond donors (Lipinski definition) is 1. The predicted octanol–water partition coefficient (Wildman–Crippen LogP) is 2.88. The smallest absolute Gasteiger partial charge is 0.149 e. The maximum atomic E-state index is 14.3. The number of rotatable bonds is 1. The summed E-state index contributed by atoms with van der Waals surface area (Å²) in [5.74, 6) is 0. The molecule has 1 unspecified atom stereocenters. The Bertz CT molecular complexity index is 325. The van der Waals surface area contributed by atoms with Crippen LogP contribution in [0.5, 0.6) is 0 Å². The van der Waals surface area contributed by atoms with Gasteiger partial charge in [-0.05, 0) is 32.4 Å². The van der Waals surface area contributed by atoms with Crippen LogP contribution in [0.15, 0.2) is 18.2 Å². The molecule has 0 radical (unpaired) electrons. The molecular weight excluding hydrogens is 213 g/mol. The van der Waals surface area contributed by atoms with Crippen molar-refractivity contribution in [3.63, 3.8) is 0 Å². The summed E-state index contributed by atoms with van der Waals surface area (Å²) in [6.07, 6.45) is 0.593. The molecule has 1 nitrogen and oxygen atoms in total. The number of halogens is 2. The molecule has 1 aliphatic rings. The van der Waals surface area contributed by atoms with Crippen molar-refractivity contribution in [2.45, 2.75) is 25.9 Å². The summed E-state index contributed by atoms with van der Waals surface area (Å²) in [6, 6.07) is 6.00. The molecule has 1 N–H and O–H groups in total. The lowest BCUT2D eigenvalue weighted by Gasteiger charge is -2.19. The lowest BCUT2D eigenvalue weighted by molar-refractivity contribution is 0.193. The Hall–Kier alpha value is -0.600. The fourth-order valence-corrected chi connectivity index (χ4v) is 2.14. The molecule has 1 aliphatic heterocycles. The first kappa shape index (κ1) is 12.5. The summed E-state index contributed by atoms with van der Waals surface area (Å²) < 4.78 is 14.3. The van der Waals surface area contributed by atoms with E-state index in [2.05, 4.69) is 11.4 Å². The van der Waals surface area contributed by atoms with Crippen LogP contribution < -0.4 is 5.32 Å². The first-order valence-electron chi connectivity index (χ1n) is 5.09. The SMILES string of the molecule is Cc1cc(C)cc(C2(F)CCNC2)c1.Cl. The Balaban J connectivity index is 0.00000112. The molecule has 0 saturated carbocycles. The summed E-state index contributed by atoms with van der Waals surface area (Å²) in [5, 5.41) is 3.08. The number of hydrogen-bond acceptors (Lipinski definition) is 1. The molecule has 0 aromatic heterocycles. The van der Waals surface area contributed by atoms with E-state index in [4.69, 9.17) is 0 Å². The quantitative estimate of drug-likeness (QED) is 0.781. The third-order valence-electron chi connectivity index (χ3n) is 2.84. The second-order valence-corrected chi connectivity index (χ2v) is 4.27. The van der Waals surface area contributed by atoms with Crippen LogP contribution >= 0.6 is 12.4 Å². The Morgan fingerprint density at radius 2 is 1.80 bits per heavy atom. The minimum absolute atomic E-state index is 0. The van der Waals surface area contributed by atoms with Crippen LogP contribution in [0.1, 0.15) is 23.1 Å². The van der Waals surface area contributed by atoms with E-state index in [-0.39, 0.29) is 12.4 Å². The van der Waals surface area contributed by atoms with Crippen molar-refractivity contribution in [2.24, 2.45) is 0 Å². The van der Waals surface area contributed by atoms with E-state index in [1.807, 2.05) is 26.0 Å². The molecule has 0 bridgehead atoms. The molecular formula is C12H17ClFN. The molecule has 1 atom stereocenters. The maximum absolute atomic E-state index is 14.3. The topological polar surface area (TPSA) is 12.0 Å². The van der Waals surface area contributed by atoms with Crippen LogP contribution in [-0.4, -0.2) is 13.1 Å². The van der Waals surface area contributed by atoms with Gasteiger partial charge < -0.3 is 5.32 Å².